The number of hydrogen-bond acceptors (Lipinski definition) is 4. The van der Waals surface area contributed by atoms with Gasteiger partial charge in [0.1, 0.15) is 5.75 Å². The molecule has 0 radical (unpaired) electrons. The second-order valence-corrected chi connectivity index (χ2v) is 6.08. The van der Waals surface area contributed by atoms with Crippen LogP contribution in [0, 0.1) is 6.92 Å². The molecule has 0 fully saturated rings. The Morgan fingerprint density at radius 2 is 1.04 bits per heavy atom. The van der Waals surface area contributed by atoms with Gasteiger partial charge in [0, 0.05) is 11.1 Å². The predicted molar refractivity (Wildman–Crippen MR) is 102 cm³/mol. The van der Waals surface area contributed by atoms with E-state index in [1.165, 1.54) is 5.56 Å². The molecule has 1 heterocycles. The van der Waals surface area contributed by atoms with Crippen LogP contribution in [0.3, 0.4) is 0 Å². The zero-order valence-electron chi connectivity index (χ0n) is 14.6. The van der Waals surface area contributed by atoms with E-state index in [1.54, 1.807) is 7.11 Å². The van der Waals surface area contributed by atoms with Gasteiger partial charge >= 0.3 is 0 Å². The maximum atomic E-state index is 5.83. The van der Waals surface area contributed by atoms with Crippen molar-refractivity contribution in [1.82, 2.24) is 10.2 Å². The number of rotatable bonds is 4. The average Bonchev–Trinajstić information content (AvgIpc) is 3.19. The van der Waals surface area contributed by atoms with Crippen molar-refractivity contribution in [2.24, 2.45) is 0 Å². The van der Waals surface area contributed by atoms with Crippen LogP contribution in [0.15, 0.2) is 77.2 Å². The summed E-state index contributed by atoms with van der Waals surface area (Å²) in [5.74, 6) is 1.89. The summed E-state index contributed by atoms with van der Waals surface area (Å²) in [5, 5.41) is 8.34. The highest BCUT2D eigenvalue weighted by atomic mass is 16.5. The van der Waals surface area contributed by atoms with Crippen molar-refractivity contribution in [2.45, 2.75) is 6.92 Å². The Morgan fingerprint density at radius 3 is 1.54 bits per heavy atom. The molecule has 0 aliphatic heterocycles. The molecule has 0 N–H and O–H groups in total. The quantitative estimate of drug-likeness (QED) is 0.499. The fourth-order valence-electron chi connectivity index (χ4n) is 2.74. The van der Waals surface area contributed by atoms with Gasteiger partial charge in [0.2, 0.25) is 11.8 Å². The van der Waals surface area contributed by atoms with E-state index >= 15 is 0 Å². The lowest BCUT2D eigenvalue weighted by molar-refractivity contribution is 0.415. The smallest absolute Gasteiger partial charge is 0.248 e. The molecular formula is C22H18N2O2. The molecule has 0 saturated carbocycles. The average molecular weight is 342 g/mol. The van der Waals surface area contributed by atoms with E-state index in [2.05, 4.69) is 10.2 Å². The van der Waals surface area contributed by atoms with Crippen molar-refractivity contribution < 1.29 is 9.15 Å². The first-order valence-electron chi connectivity index (χ1n) is 8.38. The molecule has 4 nitrogen and oxygen atoms in total. The summed E-state index contributed by atoms with van der Waals surface area (Å²) in [6.45, 7) is 2.05. The number of benzene rings is 3. The van der Waals surface area contributed by atoms with Gasteiger partial charge in [-0.1, -0.05) is 42.0 Å². The molecule has 4 rings (SSSR count). The first-order chi connectivity index (χ1) is 12.7. The van der Waals surface area contributed by atoms with E-state index in [4.69, 9.17) is 9.15 Å². The first-order valence-corrected chi connectivity index (χ1v) is 8.38. The van der Waals surface area contributed by atoms with Crippen molar-refractivity contribution in [3.63, 3.8) is 0 Å². The molecule has 0 aliphatic rings. The largest absolute Gasteiger partial charge is 0.497 e. The first kappa shape index (κ1) is 16.1. The fourth-order valence-corrected chi connectivity index (χ4v) is 2.74. The van der Waals surface area contributed by atoms with E-state index in [1.807, 2.05) is 79.7 Å². The second-order valence-electron chi connectivity index (χ2n) is 6.08. The molecule has 0 bridgehead atoms. The molecule has 3 aromatic carbocycles. The maximum absolute atomic E-state index is 5.83. The maximum Gasteiger partial charge on any atom is 0.248 e. The normalized spacial score (nSPS) is 10.7. The van der Waals surface area contributed by atoms with E-state index in [9.17, 15) is 0 Å². The zero-order valence-corrected chi connectivity index (χ0v) is 14.6. The molecule has 0 amide bonds. The minimum absolute atomic E-state index is 0.516. The molecular weight excluding hydrogens is 324 g/mol. The van der Waals surface area contributed by atoms with Crippen molar-refractivity contribution in [2.75, 3.05) is 7.11 Å². The Kier molecular flexibility index (Phi) is 4.23. The number of aromatic nitrogens is 2. The summed E-state index contributed by atoms with van der Waals surface area (Å²) in [4.78, 5) is 0. The molecule has 4 heteroatoms. The summed E-state index contributed by atoms with van der Waals surface area (Å²) in [7, 11) is 1.67. The zero-order chi connectivity index (χ0) is 17.9. The lowest BCUT2D eigenvalue weighted by Gasteiger charge is -2.04. The lowest BCUT2D eigenvalue weighted by atomic mass is 10.0. The summed E-state index contributed by atoms with van der Waals surface area (Å²) >= 11 is 0. The predicted octanol–water partition coefficient (Wildman–Crippen LogP) is 5.39. The van der Waals surface area contributed by atoms with Crippen LogP contribution in [0.2, 0.25) is 0 Å². The van der Waals surface area contributed by atoms with Gasteiger partial charge in [0.25, 0.3) is 0 Å². The topological polar surface area (TPSA) is 48.2 Å². The minimum atomic E-state index is 0.516. The van der Waals surface area contributed by atoms with Gasteiger partial charge in [-0.05, 0) is 54.4 Å². The second kappa shape index (κ2) is 6.84. The third-order valence-corrected chi connectivity index (χ3v) is 4.28. The van der Waals surface area contributed by atoms with Crippen molar-refractivity contribution in [3.05, 3.63) is 78.4 Å². The molecule has 0 saturated heterocycles. The van der Waals surface area contributed by atoms with Crippen LogP contribution in [0.4, 0.5) is 0 Å². The van der Waals surface area contributed by atoms with Gasteiger partial charge in [-0.15, -0.1) is 10.2 Å². The summed E-state index contributed by atoms with van der Waals surface area (Å²) < 4.78 is 11.0. The highest BCUT2D eigenvalue weighted by Crippen LogP contribution is 2.27. The SMILES string of the molecule is COc1ccc(-c2ccc(-c3nnc(-c4ccc(C)cc4)o3)cc2)cc1. The Labute approximate surface area is 152 Å². The van der Waals surface area contributed by atoms with Crippen LogP contribution in [-0.2, 0) is 0 Å². The van der Waals surface area contributed by atoms with Gasteiger partial charge in [-0.25, -0.2) is 0 Å². The van der Waals surface area contributed by atoms with E-state index in [0.717, 1.165) is 28.0 Å². The summed E-state index contributed by atoms with van der Waals surface area (Å²) in [6, 6.07) is 24.1. The van der Waals surface area contributed by atoms with Gasteiger partial charge < -0.3 is 9.15 Å². The fraction of sp³-hybridized carbons (Fsp3) is 0.0909. The Morgan fingerprint density at radius 1 is 0.615 bits per heavy atom. The number of ether oxygens (including phenoxy) is 1. The van der Waals surface area contributed by atoms with E-state index in [0.29, 0.717) is 11.8 Å². The number of aryl methyl sites for hydroxylation is 1. The van der Waals surface area contributed by atoms with Gasteiger partial charge in [-0.2, -0.15) is 0 Å². The van der Waals surface area contributed by atoms with Crippen molar-refractivity contribution in [1.29, 1.82) is 0 Å². The number of methoxy groups -OCH3 is 1. The van der Waals surface area contributed by atoms with E-state index in [-0.39, 0.29) is 0 Å². The van der Waals surface area contributed by atoms with Crippen LogP contribution in [0.5, 0.6) is 5.75 Å². The number of hydrogen-bond donors (Lipinski definition) is 0. The van der Waals surface area contributed by atoms with Gasteiger partial charge in [-0.3, -0.25) is 0 Å². The molecule has 0 spiro atoms. The molecule has 128 valence electrons. The van der Waals surface area contributed by atoms with Crippen LogP contribution in [-0.4, -0.2) is 17.3 Å². The number of nitrogens with zero attached hydrogens (tertiary/aromatic N) is 2. The summed E-state index contributed by atoms with van der Waals surface area (Å²) in [6.07, 6.45) is 0. The van der Waals surface area contributed by atoms with Gasteiger partial charge in [0.15, 0.2) is 0 Å². The summed E-state index contributed by atoms with van der Waals surface area (Å²) in [5.41, 5.74) is 5.26. The van der Waals surface area contributed by atoms with E-state index < -0.39 is 0 Å². The molecule has 26 heavy (non-hydrogen) atoms. The molecule has 1 aromatic heterocycles. The molecule has 0 aliphatic carbocycles. The minimum Gasteiger partial charge on any atom is -0.497 e. The Balaban J connectivity index is 1.58. The Bertz CT molecular complexity index is 1000. The Hall–Kier alpha value is -3.40. The molecule has 0 atom stereocenters. The van der Waals surface area contributed by atoms with Crippen LogP contribution in [0.25, 0.3) is 34.0 Å². The van der Waals surface area contributed by atoms with Crippen LogP contribution in [0.1, 0.15) is 5.56 Å². The molecule has 4 aromatic rings. The molecule has 0 unspecified atom stereocenters. The monoisotopic (exact) mass is 342 g/mol. The highest BCUT2D eigenvalue weighted by molar-refractivity contribution is 5.68. The van der Waals surface area contributed by atoms with Gasteiger partial charge in [0.05, 0.1) is 7.11 Å². The lowest BCUT2D eigenvalue weighted by Crippen LogP contribution is -1.83. The third-order valence-electron chi connectivity index (χ3n) is 4.28. The third kappa shape index (κ3) is 3.22. The van der Waals surface area contributed by atoms with Crippen molar-refractivity contribution in [3.8, 4) is 39.8 Å². The van der Waals surface area contributed by atoms with Crippen molar-refractivity contribution >= 4 is 0 Å². The van der Waals surface area contributed by atoms with Crippen LogP contribution < -0.4 is 4.74 Å². The van der Waals surface area contributed by atoms with Crippen LogP contribution >= 0.6 is 0 Å². The standard InChI is InChI=1S/C22H18N2O2/c1-15-3-5-18(6-4-15)21-23-24-22(26-21)19-9-7-16(8-10-19)17-11-13-20(25-2)14-12-17/h3-14H,1-2H3. The highest BCUT2D eigenvalue weighted by Gasteiger charge is 2.10.